The van der Waals surface area contributed by atoms with Crippen LogP contribution in [0.4, 0.5) is 19.1 Å². The van der Waals surface area contributed by atoms with Crippen molar-refractivity contribution in [3.63, 3.8) is 0 Å². The van der Waals surface area contributed by atoms with Crippen molar-refractivity contribution in [1.82, 2.24) is 29.3 Å². The minimum atomic E-state index is -4.86. The van der Waals surface area contributed by atoms with E-state index in [9.17, 15) is 27.6 Å². The van der Waals surface area contributed by atoms with Gasteiger partial charge in [-0.05, 0) is 39.3 Å². The number of hydrogen-bond donors (Lipinski definition) is 2. The molecule has 2 N–H and O–H groups in total. The summed E-state index contributed by atoms with van der Waals surface area (Å²) in [6.45, 7) is 5.21. The highest BCUT2D eigenvalue weighted by Gasteiger charge is 2.39. The van der Waals surface area contributed by atoms with Gasteiger partial charge in [-0.15, -0.1) is 0 Å². The zero-order valence-electron chi connectivity index (χ0n) is 22.2. The minimum Gasteiger partial charge on any atom is -0.353 e. The molecule has 0 saturated heterocycles. The van der Waals surface area contributed by atoms with Crippen LogP contribution in [0.2, 0.25) is 10.0 Å². The van der Waals surface area contributed by atoms with Gasteiger partial charge in [0.25, 0.3) is 17.4 Å². The highest BCUT2D eigenvalue weighted by molar-refractivity contribution is 6.38. The topological polar surface area (TPSA) is 114 Å². The van der Waals surface area contributed by atoms with E-state index in [2.05, 4.69) is 20.6 Å². The van der Waals surface area contributed by atoms with Gasteiger partial charge in [0.15, 0.2) is 5.82 Å². The second kappa shape index (κ2) is 10.8. The first kappa shape index (κ1) is 29.4. The Kier molecular flexibility index (Phi) is 7.92. The molecule has 0 saturated carbocycles. The van der Waals surface area contributed by atoms with Crippen molar-refractivity contribution in [3.05, 3.63) is 66.9 Å². The summed E-state index contributed by atoms with van der Waals surface area (Å²) in [7, 11) is 3.05. The number of carbonyl (C=O) groups excluding carboxylic acids is 2. The lowest BCUT2D eigenvalue weighted by Gasteiger charge is -2.35. The van der Waals surface area contributed by atoms with Crippen LogP contribution in [-0.2, 0) is 26.2 Å². The van der Waals surface area contributed by atoms with Crippen LogP contribution in [0.1, 0.15) is 58.6 Å². The molecule has 40 heavy (non-hydrogen) atoms. The molecule has 10 nitrogen and oxygen atoms in total. The molecule has 0 unspecified atom stereocenters. The van der Waals surface area contributed by atoms with E-state index >= 15 is 0 Å². The van der Waals surface area contributed by atoms with Crippen LogP contribution in [-0.4, -0.2) is 54.9 Å². The molecule has 0 fully saturated rings. The number of alkyl halides is 3. The molecule has 1 aliphatic rings. The number of rotatable bonds is 5. The Labute approximate surface area is 237 Å². The molecule has 0 spiro atoms. The molecule has 2 aromatic heterocycles. The average molecular weight is 600 g/mol. The highest BCUT2D eigenvalue weighted by Crippen LogP contribution is 2.41. The van der Waals surface area contributed by atoms with Gasteiger partial charge in [-0.1, -0.05) is 23.2 Å². The summed E-state index contributed by atoms with van der Waals surface area (Å²) in [6, 6.07) is 1.39. The molecular formula is C25H26Cl2F3N7O3. The Balaban J connectivity index is 1.81. The van der Waals surface area contributed by atoms with Crippen molar-refractivity contribution in [2.24, 2.45) is 7.05 Å². The molecule has 3 aromatic rings. The molecule has 1 atom stereocenters. The number of amides is 2. The Hall–Kier alpha value is -3.58. The van der Waals surface area contributed by atoms with E-state index in [4.69, 9.17) is 23.2 Å². The second-order valence-corrected chi connectivity index (χ2v) is 10.4. The minimum absolute atomic E-state index is 0.0758. The number of halogens is 5. The Morgan fingerprint density at radius 2 is 1.88 bits per heavy atom. The fraction of sp³-hybridized carbons (Fsp3) is 0.400. The lowest BCUT2D eigenvalue weighted by Crippen LogP contribution is -2.46. The number of imidazole rings is 1. The monoisotopic (exact) mass is 599 g/mol. The van der Waals surface area contributed by atoms with E-state index in [1.165, 1.54) is 27.3 Å². The van der Waals surface area contributed by atoms with Crippen LogP contribution < -0.4 is 16.2 Å². The van der Waals surface area contributed by atoms with Crippen LogP contribution >= 0.6 is 23.2 Å². The van der Waals surface area contributed by atoms with Crippen molar-refractivity contribution >= 4 is 41.0 Å². The van der Waals surface area contributed by atoms with Gasteiger partial charge in [0.2, 0.25) is 5.95 Å². The SMILES string of the molecule is CNC(=O)c1ncc(-n2c(NC(C)C)nc3c(c2=O)C[C@@H](C)N(C(=O)c2ccc(Cl)c(C(F)(F)F)c2Cl)C3)n1C. The molecule has 0 radical (unpaired) electrons. The largest absolute Gasteiger partial charge is 0.419 e. The van der Waals surface area contributed by atoms with Gasteiger partial charge >= 0.3 is 6.18 Å². The van der Waals surface area contributed by atoms with Crippen LogP contribution in [0.15, 0.2) is 23.1 Å². The van der Waals surface area contributed by atoms with Gasteiger partial charge in [0.1, 0.15) is 5.82 Å². The van der Waals surface area contributed by atoms with E-state index in [0.717, 1.165) is 12.1 Å². The van der Waals surface area contributed by atoms with Gasteiger partial charge in [-0.25, -0.2) is 14.5 Å². The number of nitrogens with one attached hydrogen (secondary N) is 2. The number of carbonyl (C=O) groups is 2. The first-order valence-corrected chi connectivity index (χ1v) is 12.9. The van der Waals surface area contributed by atoms with E-state index < -0.39 is 45.2 Å². The van der Waals surface area contributed by atoms with Gasteiger partial charge in [-0.2, -0.15) is 13.2 Å². The van der Waals surface area contributed by atoms with Gasteiger partial charge < -0.3 is 20.1 Å². The summed E-state index contributed by atoms with van der Waals surface area (Å²) in [5.41, 5.74) is -1.47. The van der Waals surface area contributed by atoms with E-state index in [0.29, 0.717) is 11.4 Å². The lowest BCUT2D eigenvalue weighted by molar-refractivity contribution is -0.137. The van der Waals surface area contributed by atoms with E-state index in [-0.39, 0.29) is 42.0 Å². The van der Waals surface area contributed by atoms with Crippen molar-refractivity contribution in [2.45, 2.75) is 52.0 Å². The van der Waals surface area contributed by atoms with Crippen LogP contribution in [0.5, 0.6) is 0 Å². The maximum absolute atomic E-state index is 13.8. The molecule has 1 aromatic carbocycles. The Morgan fingerprint density at radius 3 is 2.48 bits per heavy atom. The van der Waals surface area contributed by atoms with Crippen LogP contribution in [0.3, 0.4) is 0 Å². The van der Waals surface area contributed by atoms with E-state index in [1.807, 2.05) is 13.8 Å². The molecular weight excluding hydrogens is 574 g/mol. The standard InChI is InChI=1S/C25H26Cl2F3N7O3/c1-11(2)33-24-34-16-10-36(22(39)13-6-7-15(26)18(19(13)27)25(28,29)30)12(3)8-14(16)23(40)37(24)17-9-32-20(35(17)5)21(38)31-4/h6-7,9,11-12H,8,10H2,1-5H3,(H,31,38)(H,33,34)/t12-/m1/s1. The third-order valence-electron chi connectivity index (χ3n) is 6.52. The molecule has 4 rings (SSSR count). The number of fused-ring (bicyclic) bond motifs is 1. The Morgan fingerprint density at radius 1 is 1.20 bits per heavy atom. The molecule has 3 heterocycles. The first-order valence-electron chi connectivity index (χ1n) is 12.2. The maximum atomic E-state index is 13.8. The quantitative estimate of drug-likeness (QED) is 0.457. The predicted octanol–water partition coefficient (Wildman–Crippen LogP) is 4.06. The summed E-state index contributed by atoms with van der Waals surface area (Å²) in [4.78, 5) is 49.6. The number of benzene rings is 1. The van der Waals surface area contributed by atoms with Crippen LogP contribution in [0, 0.1) is 0 Å². The second-order valence-electron chi connectivity index (χ2n) is 9.65. The predicted molar refractivity (Wildman–Crippen MR) is 143 cm³/mol. The molecule has 0 aliphatic carbocycles. The van der Waals surface area contributed by atoms with E-state index in [1.54, 1.807) is 14.0 Å². The number of anilines is 1. The molecule has 1 aliphatic heterocycles. The Bertz CT molecular complexity index is 1570. The van der Waals surface area contributed by atoms with Gasteiger partial charge in [0.05, 0.1) is 39.6 Å². The molecule has 2 amide bonds. The zero-order valence-corrected chi connectivity index (χ0v) is 23.7. The van der Waals surface area contributed by atoms with Crippen molar-refractivity contribution < 1.29 is 22.8 Å². The lowest BCUT2D eigenvalue weighted by atomic mass is 9.98. The first-order chi connectivity index (χ1) is 18.7. The molecule has 214 valence electrons. The summed E-state index contributed by atoms with van der Waals surface area (Å²) in [5, 5.41) is 4.20. The zero-order chi connectivity index (χ0) is 29.7. The van der Waals surface area contributed by atoms with Gasteiger partial charge in [-0.3, -0.25) is 14.4 Å². The smallest absolute Gasteiger partial charge is 0.353 e. The fourth-order valence-corrected chi connectivity index (χ4v) is 5.23. The van der Waals surface area contributed by atoms with Crippen molar-refractivity contribution in [2.75, 3.05) is 12.4 Å². The summed E-state index contributed by atoms with van der Waals surface area (Å²) in [6.07, 6.45) is -3.40. The molecule has 0 bridgehead atoms. The fourth-order valence-electron chi connectivity index (χ4n) is 4.56. The van der Waals surface area contributed by atoms with Crippen molar-refractivity contribution in [1.29, 1.82) is 0 Å². The normalized spacial score (nSPS) is 15.3. The summed E-state index contributed by atoms with van der Waals surface area (Å²) >= 11 is 11.8. The summed E-state index contributed by atoms with van der Waals surface area (Å²) < 4.78 is 43.4. The third-order valence-corrected chi connectivity index (χ3v) is 7.23. The number of aromatic nitrogens is 4. The van der Waals surface area contributed by atoms with Crippen LogP contribution in [0.25, 0.3) is 5.82 Å². The van der Waals surface area contributed by atoms with Gasteiger partial charge in [0, 0.05) is 31.7 Å². The molecule has 15 heteroatoms. The summed E-state index contributed by atoms with van der Waals surface area (Å²) in [5.74, 6) is -0.669. The number of hydrogen-bond acceptors (Lipinski definition) is 6. The van der Waals surface area contributed by atoms with Crippen molar-refractivity contribution in [3.8, 4) is 5.82 Å². The average Bonchev–Trinajstić information content (AvgIpc) is 3.23. The highest BCUT2D eigenvalue weighted by atomic mass is 35.5. The number of nitrogens with zero attached hydrogens (tertiary/aromatic N) is 5. The third kappa shape index (κ3) is 5.15. The maximum Gasteiger partial charge on any atom is 0.419 e.